The summed E-state index contributed by atoms with van der Waals surface area (Å²) < 4.78 is 41.4. The van der Waals surface area contributed by atoms with Crippen LogP contribution in [0.15, 0.2) is 42.5 Å². The van der Waals surface area contributed by atoms with Crippen molar-refractivity contribution >= 4 is 23.5 Å². The molecule has 0 bridgehead atoms. The molecule has 5 N–H and O–H groups in total. The Labute approximate surface area is 230 Å². The average molecular weight is 565 g/mol. The molecule has 0 spiro atoms. The summed E-state index contributed by atoms with van der Waals surface area (Å²) in [5, 5.41) is 11.8. The topological polar surface area (TPSA) is 134 Å². The van der Waals surface area contributed by atoms with E-state index in [1.807, 2.05) is 0 Å². The normalized spacial score (nSPS) is 17.6. The molecule has 218 valence electrons. The van der Waals surface area contributed by atoms with Gasteiger partial charge in [-0.15, -0.1) is 13.2 Å². The molecule has 1 saturated carbocycles. The van der Waals surface area contributed by atoms with Crippen LogP contribution in [0.25, 0.3) is 0 Å². The molecular formula is C28H35F3N4O5. The number of rotatable bonds is 8. The Kier molecular flexibility index (Phi) is 9.67. The minimum absolute atomic E-state index is 0.0768. The highest BCUT2D eigenvalue weighted by atomic mass is 19.4. The van der Waals surface area contributed by atoms with Gasteiger partial charge in [0.1, 0.15) is 5.75 Å². The Morgan fingerprint density at radius 2 is 1.65 bits per heavy atom. The van der Waals surface area contributed by atoms with E-state index in [9.17, 15) is 27.6 Å². The van der Waals surface area contributed by atoms with E-state index < -0.39 is 30.0 Å². The number of hydrogen-bond donors (Lipinski definition) is 4. The summed E-state index contributed by atoms with van der Waals surface area (Å²) in [6, 6.07) is 8.97. The van der Waals surface area contributed by atoms with Crippen LogP contribution in [-0.2, 0) is 17.8 Å². The highest BCUT2D eigenvalue weighted by Gasteiger charge is 2.34. The Balaban J connectivity index is 1.86. The van der Waals surface area contributed by atoms with E-state index in [0.29, 0.717) is 17.0 Å². The third-order valence-corrected chi connectivity index (χ3v) is 7.20. The molecule has 1 aliphatic rings. The number of amides is 4. The Hall–Kier alpha value is -3.80. The first-order valence-electron chi connectivity index (χ1n) is 12.9. The zero-order chi connectivity index (χ0) is 29.7. The second-order valence-corrected chi connectivity index (χ2v) is 11.1. The van der Waals surface area contributed by atoms with Gasteiger partial charge in [0, 0.05) is 23.8 Å². The number of carbonyl (C=O) groups is 3. The number of urea groups is 1. The number of nitrogens with one attached hydrogen (secondary N) is 2. The summed E-state index contributed by atoms with van der Waals surface area (Å²) in [6.07, 6.45) is -1.71. The number of benzene rings is 2. The summed E-state index contributed by atoms with van der Waals surface area (Å²) in [5.41, 5.74) is 8.33. The van der Waals surface area contributed by atoms with Gasteiger partial charge in [0.2, 0.25) is 5.91 Å². The van der Waals surface area contributed by atoms with Crippen molar-refractivity contribution in [1.29, 1.82) is 0 Å². The third kappa shape index (κ3) is 8.60. The molecule has 4 amide bonds. The lowest BCUT2D eigenvalue weighted by Gasteiger charge is -2.41. The van der Waals surface area contributed by atoms with Crippen molar-refractivity contribution < 1.29 is 37.5 Å². The standard InChI is InChI=1S/C28H35F3N4O5/c1-27(2,3)19-5-9-21(10-6-19)35(26(38)33-20-7-11-22(12-8-20)40-28(29,30)31)16-17-4-13-23(25(37)34-39)18(14-17)15-24(32)36/h4,7-8,11-14,19,21,39H,5-6,9-10,15-16H2,1-3H3,(H2,32,36)(H,33,38)(H,34,37). The second kappa shape index (κ2) is 12.6. The van der Waals surface area contributed by atoms with Crippen LogP contribution in [0.5, 0.6) is 5.75 Å². The molecule has 3 rings (SSSR count). The molecule has 2 aromatic carbocycles. The first-order valence-corrected chi connectivity index (χ1v) is 12.9. The molecule has 0 aliphatic heterocycles. The lowest BCUT2D eigenvalue weighted by molar-refractivity contribution is -0.274. The van der Waals surface area contributed by atoms with Gasteiger partial charge in [-0.25, -0.2) is 10.3 Å². The number of ether oxygens (including phenoxy) is 1. The number of anilines is 1. The van der Waals surface area contributed by atoms with Gasteiger partial charge in [-0.1, -0.05) is 32.9 Å². The molecule has 0 heterocycles. The summed E-state index contributed by atoms with van der Waals surface area (Å²) >= 11 is 0. The fraction of sp³-hybridized carbons (Fsp3) is 0.464. The van der Waals surface area contributed by atoms with Crippen LogP contribution in [0.2, 0.25) is 0 Å². The Bertz CT molecular complexity index is 1200. The minimum Gasteiger partial charge on any atom is -0.406 e. The molecule has 1 aliphatic carbocycles. The molecule has 0 unspecified atom stereocenters. The molecule has 2 aromatic rings. The van der Waals surface area contributed by atoms with Crippen LogP contribution in [0.3, 0.4) is 0 Å². The summed E-state index contributed by atoms with van der Waals surface area (Å²) in [5.74, 6) is -1.38. The number of nitrogens with two attached hydrogens (primary N) is 1. The lowest BCUT2D eigenvalue weighted by atomic mass is 9.71. The van der Waals surface area contributed by atoms with Gasteiger partial charge in [0.15, 0.2) is 0 Å². The number of hydrogen-bond acceptors (Lipinski definition) is 5. The molecule has 1 fully saturated rings. The number of primary amides is 1. The molecule has 0 atom stereocenters. The van der Waals surface area contributed by atoms with E-state index in [1.54, 1.807) is 22.5 Å². The Morgan fingerprint density at radius 1 is 1.02 bits per heavy atom. The Morgan fingerprint density at radius 3 is 2.17 bits per heavy atom. The van der Waals surface area contributed by atoms with E-state index in [-0.39, 0.29) is 35.7 Å². The van der Waals surface area contributed by atoms with E-state index >= 15 is 0 Å². The predicted octanol–water partition coefficient (Wildman–Crippen LogP) is 5.37. The summed E-state index contributed by atoms with van der Waals surface area (Å²) in [7, 11) is 0. The second-order valence-electron chi connectivity index (χ2n) is 11.1. The van der Waals surface area contributed by atoms with E-state index in [0.717, 1.165) is 37.8 Å². The average Bonchev–Trinajstić information content (AvgIpc) is 2.86. The molecule has 0 aromatic heterocycles. The minimum atomic E-state index is -4.83. The van der Waals surface area contributed by atoms with Crippen molar-refractivity contribution in [3.8, 4) is 5.75 Å². The largest absolute Gasteiger partial charge is 0.573 e. The fourth-order valence-corrected chi connectivity index (χ4v) is 5.11. The van der Waals surface area contributed by atoms with Crippen molar-refractivity contribution in [3.63, 3.8) is 0 Å². The molecule has 0 radical (unpaired) electrons. The van der Waals surface area contributed by atoms with Gasteiger partial charge >= 0.3 is 12.4 Å². The van der Waals surface area contributed by atoms with Gasteiger partial charge in [-0.2, -0.15) is 0 Å². The van der Waals surface area contributed by atoms with Crippen LogP contribution >= 0.6 is 0 Å². The van der Waals surface area contributed by atoms with Crippen LogP contribution in [0, 0.1) is 11.3 Å². The highest BCUT2D eigenvalue weighted by molar-refractivity contribution is 5.96. The maximum absolute atomic E-state index is 13.5. The van der Waals surface area contributed by atoms with Gasteiger partial charge in [-0.05, 0) is 78.5 Å². The third-order valence-electron chi connectivity index (χ3n) is 7.20. The zero-order valence-electron chi connectivity index (χ0n) is 22.7. The van der Waals surface area contributed by atoms with Gasteiger partial charge in [0.05, 0.1) is 6.42 Å². The summed E-state index contributed by atoms with van der Waals surface area (Å²) in [4.78, 5) is 38.9. The van der Waals surface area contributed by atoms with E-state index in [2.05, 4.69) is 30.8 Å². The maximum atomic E-state index is 13.5. The van der Waals surface area contributed by atoms with Crippen molar-refractivity contribution in [2.45, 2.75) is 71.8 Å². The smallest absolute Gasteiger partial charge is 0.406 e. The number of hydroxylamine groups is 1. The number of alkyl halides is 3. The van der Waals surface area contributed by atoms with E-state index in [4.69, 9.17) is 10.9 Å². The summed E-state index contributed by atoms with van der Waals surface area (Å²) in [6.45, 7) is 6.72. The van der Waals surface area contributed by atoms with Crippen molar-refractivity contribution in [3.05, 3.63) is 59.2 Å². The monoisotopic (exact) mass is 564 g/mol. The molecule has 0 saturated heterocycles. The lowest BCUT2D eigenvalue weighted by Crippen LogP contribution is -2.45. The highest BCUT2D eigenvalue weighted by Crippen LogP contribution is 2.39. The molecular weight excluding hydrogens is 529 g/mol. The molecule has 40 heavy (non-hydrogen) atoms. The van der Waals surface area contributed by atoms with Crippen LogP contribution in [0.1, 0.15) is 67.9 Å². The van der Waals surface area contributed by atoms with Crippen LogP contribution < -0.4 is 21.3 Å². The maximum Gasteiger partial charge on any atom is 0.573 e. The van der Waals surface area contributed by atoms with Gasteiger partial charge < -0.3 is 20.7 Å². The van der Waals surface area contributed by atoms with Crippen LogP contribution in [-0.4, -0.2) is 40.4 Å². The van der Waals surface area contributed by atoms with Crippen molar-refractivity contribution in [2.75, 3.05) is 5.32 Å². The first-order chi connectivity index (χ1) is 18.7. The predicted molar refractivity (Wildman–Crippen MR) is 141 cm³/mol. The first kappa shape index (κ1) is 30.7. The van der Waals surface area contributed by atoms with Crippen molar-refractivity contribution in [2.24, 2.45) is 17.1 Å². The SMILES string of the molecule is CC(C)(C)C1CCC(N(Cc2ccc(C(=O)NO)c(CC(N)=O)c2)C(=O)Nc2ccc(OC(F)(F)F)cc2)CC1. The van der Waals surface area contributed by atoms with Gasteiger partial charge in [-0.3, -0.25) is 14.8 Å². The van der Waals surface area contributed by atoms with Crippen LogP contribution in [0.4, 0.5) is 23.7 Å². The number of nitrogens with zero attached hydrogens (tertiary/aromatic N) is 1. The number of carbonyl (C=O) groups excluding carboxylic acids is 3. The zero-order valence-corrected chi connectivity index (χ0v) is 22.7. The fourth-order valence-electron chi connectivity index (χ4n) is 5.11. The molecule has 12 heteroatoms. The van der Waals surface area contributed by atoms with Gasteiger partial charge in [0.25, 0.3) is 5.91 Å². The number of halogens is 3. The van der Waals surface area contributed by atoms with Crippen molar-refractivity contribution in [1.82, 2.24) is 10.4 Å². The molecule has 9 nitrogen and oxygen atoms in total. The quantitative estimate of drug-likeness (QED) is 0.253. The van der Waals surface area contributed by atoms with E-state index in [1.165, 1.54) is 18.2 Å².